The van der Waals surface area contributed by atoms with Crippen molar-refractivity contribution < 1.29 is 18.3 Å². The molecule has 170 valence electrons. The van der Waals surface area contributed by atoms with Crippen molar-refractivity contribution in [2.75, 3.05) is 14.2 Å². The second-order valence-corrected chi connectivity index (χ2v) is 9.88. The first-order valence-corrected chi connectivity index (χ1v) is 11.3. The summed E-state index contributed by atoms with van der Waals surface area (Å²) in [4.78, 5) is 0. The van der Waals surface area contributed by atoms with E-state index in [4.69, 9.17) is 18.3 Å². The molecule has 0 atom stereocenters. The van der Waals surface area contributed by atoms with Gasteiger partial charge in [0.05, 0.1) is 26.7 Å². The van der Waals surface area contributed by atoms with E-state index in [2.05, 4.69) is 65.8 Å². The Labute approximate surface area is 190 Å². The number of hydrogen-bond acceptors (Lipinski definition) is 4. The number of benzene rings is 2. The Morgan fingerprint density at radius 1 is 0.812 bits per heavy atom. The first-order valence-electron chi connectivity index (χ1n) is 11.3. The molecule has 2 aromatic heterocycles. The highest BCUT2D eigenvalue weighted by molar-refractivity contribution is 6.02. The largest absolute Gasteiger partial charge is 0.496 e. The summed E-state index contributed by atoms with van der Waals surface area (Å²) in [5, 5.41) is 2.25. The Balaban J connectivity index is 1.90. The van der Waals surface area contributed by atoms with Gasteiger partial charge in [-0.2, -0.15) is 0 Å². The van der Waals surface area contributed by atoms with Gasteiger partial charge in [0.15, 0.2) is 0 Å². The third kappa shape index (κ3) is 3.56. The fourth-order valence-electron chi connectivity index (χ4n) is 4.94. The molecule has 4 aromatic rings. The van der Waals surface area contributed by atoms with E-state index in [0.717, 1.165) is 56.5 Å². The molecule has 0 aliphatic heterocycles. The molecule has 0 saturated heterocycles. The molecule has 0 fully saturated rings. The Hall–Kier alpha value is -2.88. The highest BCUT2D eigenvalue weighted by Crippen LogP contribution is 2.44. The van der Waals surface area contributed by atoms with Crippen molar-refractivity contribution >= 4 is 21.9 Å². The van der Waals surface area contributed by atoms with Crippen LogP contribution in [0, 0.1) is 0 Å². The number of ether oxygens (including phenoxy) is 2. The predicted molar refractivity (Wildman–Crippen MR) is 130 cm³/mol. The molecule has 0 aliphatic rings. The lowest BCUT2D eigenvalue weighted by molar-refractivity contribution is 0.378. The summed E-state index contributed by atoms with van der Waals surface area (Å²) in [5.41, 5.74) is 6.30. The molecule has 4 rings (SSSR count). The second-order valence-electron chi connectivity index (χ2n) is 9.88. The molecule has 0 radical (unpaired) electrons. The molecule has 0 aliphatic carbocycles. The third-order valence-corrected chi connectivity index (χ3v) is 6.56. The molecule has 0 saturated carbocycles. The molecule has 32 heavy (non-hydrogen) atoms. The van der Waals surface area contributed by atoms with Gasteiger partial charge in [-0.1, -0.05) is 41.5 Å². The Kier molecular flexibility index (Phi) is 5.74. The molecule has 0 unspecified atom stereocenters. The Morgan fingerprint density at radius 3 is 2.03 bits per heavy atom. The quantitative estimate of drug-likeness (QED) is 0.296. The van der Waals surface area contributed by atoms with Gasteiger partial charge in [-0.25, -0.2) is 0 Å². The number of methoxy groups -OCH3 is 2. The van der Waals surface area contributed by atoms with Crippen LogP contribution in [0.2, 0.25) is 0 Å². The van der Waals surface area contributed by atoms with Gasteiger partial charge in [-0.15, -0.1) is 0 Å². The lowest BCUT2D eigenvalue weighted by Crippen LogP contribution is -2.22. The van der Waals surface area contributed by atoms with Gasteiger partial charge in [0.1, 0.15) is 22.7 Å². The van der Waals surface area contributed by atoms with Crippen LogP contribution in [0.1, 0.15) is 75.6 Å². The molecule has 2 heterocycles. The van der Waals surface area contributed by atoms with Crippen LogP contribution in [0.25, 0.3) is 21.9 Å². The summed E-state index contributed by atoms with van der Waals surface area (Å²) in [7, 11) is 3.47. The normalized spacial score (nSPS) is 12.4. The van der Waals surface area contributed by atoms with E-state index in [9.17, 15) is 0 Å². The van der Waals surface area contributed by atoms with E-state index in [0.29, 0.717) is 11.8 Å². The Morgan fingerprint density at radius 2 is 1.44 bits per heavy atom. The van der Waals surface area contributed by atoms with Gasteiger partial charge >= 0.3 is 0 Å². The molecule has 0 N–H and O–H groups in total. The molecule has 0 amide bonds. The fourth-order valence-corrected chi connectivity index (χ4v) is 4.94. The van der Waals surface area contributed by atoms with Crippen LogP contribution < -0.4 is 9.47 Å². The van der Waals surface area contributed by atoms with Crippen molar-refractivity contribution in [2.24, 2.45) is 0 Å². The van der Waals surface area contributed by atoms with Gasteiger partial charge in [0.25, 0.3) is 0 Å². The van der Waals surface area contributed by atoms with Crippen LogP contribution in [0.4, 0.5) is 0 Å². The van der Waals surface area contributed by atoms with Crippen molar-refractivity contribution in [3.63, 3.8) is 0 Å². The van der Waals surface area contributed by atoms with Gasteiger partial charge in [0, 0.05) is 33.0 Å². The average molecular weight is 435 g/mol. The molecular formula is C28H34O4. The van der Waals surface area contributed by atoms with E-state index in [1.54, 1.807) is 26.7 Å². The predicted octanol–water partition coefficient (Wildman–Crippen LogP) is 7.96. The SMILES string of the molecule is COc1cc(C(C)(C)Cc2c3ccoc3c(C(C)C)c3ccoc23)c(OC)cc1C(C)C. The smallest absolute Gasteiger partial charge is 0.138 e. The van der Waals surface area contributed by atoms with Gasteiger partial charge in [-0.05, 0) is 47.9 Å². The lowest BCUT2D eigenvalue weighted by Gasteiger charge is -2.29. The zero-order chi connectivity index (χ0) is 23.2. The van der Waals surface area contributed by atoms with Crippen molar-refractivity contribution in [1.29, 1.82) is 0 Å². The molecular weight excluding hydrogens is 400 g/mol. The van der Waals surface area contributed by atoms with Crippen LogP contribution in [0.5, 0.6) is 11.5 Å². The standard InChI is InChI=1S/C28H34O4/c1-16(2)20-13-24(30-8)22(14-23(20)29-7)28(5,6)15-21-18-9-11-32-27(18)25(17(3)4)19-10-12-31-26(19)21/h9-14,16-17H,15H2,1-8H3. The molecule has 2 aromatic carbocycles. The summed E-state index contributed by atoms with van der Waals surface area (Å²) < 4.78 is 23.7. The van der Waals surface area contributed by atoms with Gasteiger partial charge in [-0.3, -0.25) is 0 Å². The zero-order valence-electron chi connectivity index (χ0n) is 20.5. The summed E-state index contributed by atoms with van der Waals surface area (Å²) in [6.45, 7) is 13.2. The van der Waals surface area contributed by atoms with E-state index in [1.807, 2.05) is 0 Å². The summed E-state index contributed by atoms with van der Waals surface area (Å²) in [6, 6.07) is 8.39. The van der Waals surface area contributed by atoms with Crippen molar-refractivity contribution in [3.05, 3.63) is 59.0 Å². The van der Waals surface area contributed by atoms with Crippen molar-refractivity contribution in [1.82, 2.24) is 0 Å². The fraction of sp³-hybridized carbons (Fsp3) is 0.429. The minimum absolute atomic E-state index is 0.239. The highest BCUT2D eigenvalue weighted by atomic mass is 16.5. The van der Waals surface area contributed by atoms with E-state index < -0.39 is 0 Å². The average Bonchev–Trinajstić information content (AvgIpc) is 3.42. The topological polar surface area (TPSA) is 44.7 Å². The number of rotatable bonds is 7. The van der Waals surface area contributed by atoms with Gasteiger partial charge < -0.3 is 18.3 Å². The summed E-state index contributed by atoms with van der Waals surface area (Å²) >= 11 is 0. The lowest BCUT2D eigenvalue weighted by atomic mass is 9.76. The first kappa shape index (κ1) is 22.3. The van der Waals surface area contributed by atoms with Crippen molar-refractivity contribution in [3.8, 4) is 11.5 Å². The highest BCUT2D eigenvalue weighted by Gasteiger charge is 2.31. The van der Waals surface area contributed by atoms with E-state index in [-0.39, 0.29) is 5.41 Å². The second kappa shape index (κ2) is 8.23. The Bertz CT molecular complexity index is 1200. The van der Waals surface area contributed by atoms with Crippen molar-refractivity contribution in [2.45, 2.75) is 65.2 Å². The summed E-state index contributed by atoms with van der Waals surface area (Å²) in [6.07, 6.45) is 4.34. The molecule has 4 heteroatoms. The number of fused-ring (bicyclic) bond motifs is 2. The van der Waals surface area contributed by atoms with Crippen LogP contribution >= 0.6 is 0 Å². The van der Waals surface area contributed by atoms with Crippen LogP contribution in [0.15, 0.2) is 45.6 Å². The molecule has 0 spiro atoms. The van der Waals surface area contributed by atoms with Crippen LogP contribution in [0.3, 0.4) is 0 Å². The summed E-state index contributed by atoms with van der Waals surface area (Å²) in [5.74, 6) is 2.46. The van der Waals surface area contributed by atoms with E-state index in [1.165, 1.54) is 5.56 Å². The minimum Gasteiger partial charge on any atom is -0.496 e. The molecule has 0 bridgehead atoms. The number of hydrogen-bond donors (Lipinski definition) is 0. The third-order valence-electron chi connectivity index (χ3n) is 6.56. The zero-order valence-corrected chi connectivity index (χ0v) is 20.5. The maximum Gasteiger partial charge on any atom is 0.138 e. The first-order chi connectivity index (χ1) is 15.2. The van der Waals surface area contributed by atoms with Crippen LogP contribution in [-0.4, -0.2) is 14.2 Å². The maximum absolute atomic E-state index is 6.05. The van der Waals surface area contributed by atoms with Gasteiger partial charge in [0.2, 0.25) is 0 Å². The maximum atomic E-state index is 6.05. The number of furan rings is 2. The van der Waals surface area contributed by atoms with Crippen LogP contribution in [-0.2, 0) is 11.8 Å². The molecule has 4 nitrogen and oxygen atoms in total. The minimum atomic E-state index is -0.239. The monoisotopic (exact) mass is 434 g/mol. The van der Waals surface area contributed by atoms with E-state index >= 15 is 0 Å².